The molecule has 4 heteroatoms. The molecule has 0 radical (unpaired) electrons. The van der Waals surface area contributed by atoms with E-state index >= 15 is 0 Å². The van der Waals surface area contributed by atoms with Crippen LogP contribution in [-0.2, 0) is 11.3 Å². The average Bonchev–Trinajstić information content (AvgIpc) is 3.25. The second kappa shape index (κ2) is 7.06. The van der Waals surface area contributed by atoms with Crippen molar-refractivity contribution in [3.8, 4) is 0 Å². The molecule has 128 valence electrons. The minimum atomic E-state index is -0.0886. The summed E-state index contributed by atoms with van der Waals surface area (Å²) in [5.74, 6) is -0.0886. The topological polar surface area (TPSA) is 34.0 Å². The molecule has 1 N–H and O–H groups in total. The van der Waals surface area contributed by atoms with E-state index in [4.69, 9.17) is 11.6 Å². The summed E-state index contributed by atoms with van der Waals surface area (Å²) in [6.45, 7) is 0.655. The van der Waals surface area contributed by atoms with Crippen molar-refractivity contribution in [3.63, 3.8) is 0 Å². The van der Waals surface area contributed by atoms with Crippen LogP contribution in [0.25, 0.3) is 11.8 Å². The van der Waals surface area contributed by atoms with Crippen molar-refractivity contribution in [2.45, 2.75) is 6.54 Å². The first kappa shape index (κ1) is 16.4. The standard InChI is InChI=1S/C22H17ClN2O/c23-20-11-5-4-9-17(20)15-25-12-6-10-19(25)13-18-14-21(24-22(18)26)16-7-2-1-3-8-16/h1-14H,15H2,(H,24,26). The number of nitrogens with one attached hydrogen (secondary N) is 1. The number of amides is 1. The molecule has 0 saturated heterocycles. The Labute approximate surface area is 157 Å². The van der Waals surface area contributed by atoms with Crippen LogP contribution in [0.3, 0.4) is 0 Å². The van der Waals surface area contributed by atoms with Gasteiger partial charge in [0.1, 0.15) is 0 Å². The highest BCUT2D eigenvalue weighted by Crippen LogP contribution is 2.23. The van der Waals surface area contributed by atoms with Gasteiger partial charge in [0.05, 0.1) is 0 Å². The summed E-state index contributed by atoms with van der Waals surface area (Å²) in [6.07, 6.45) is 5.79. The maximum Gasteiger partial charge on any atom is 0.255 e. The van der Waals surface area contributed by atoms with Crippen molar-refractivity contribution in [1.29, 1.82) is 0 Å². The predicted molar refractivity (Wildman–Crippen MR) is 106 cm³/mol. The van der Waals surface area contributed by atoms with Gasteiger partial charge in [-0.2, -0.15) is 0 Å². The molecule has 0 saturated carbocycles. The Morgan fingerprint density at radius 1 is 0.962 bits per heavy atom. The maximum absolute atomic E-state index is 12.3. The lowest BCUT2D eigenvalue weighted by Gasteiger charge is -2.08. The van der Waals surface area contributed by atoms with Crippen molar-refractivity contribution in [2.75, 3.05) is 0 Å². The van der Waals surface area contributed by atoms with Crippen LogP contribution in [0, 0.1) is 0 Å². The van der Waals surface area contributed by atoms with E-state index in [0.717, 1.165) is 27.5 Å². The number of rotatable bonds is 4. The van der Waals surface area contributed by atoms with Crippen LogP contribution in [0.1, 0.15) is 16.8 Å². The molecule has 4 rings (SSSR count). The van der Waals surface area contributed by atoms with Gasteiger partial charge in [0.25, 0.3) is 5.91 Å². The van der Waals surface area contributed by atoms with Crippen LogP contribution in [0.15, 0.2) is 84.6 Å². The molecule has 3 aromatic rings. The molecule has 0 atom stereocenters. The summed E-state index contributed by atoms with van der Waals surface area (Å²) in [4.78, 5) is 12.3. The minimum absolute atomic E-state index is 0.0886. The first-order valence-electron chi connectivity index (χ1n) is 8.39. The number of carbonyl (C=O) groups is 1. The molecule has 0 fully saturated rings. The number of halogens is 1. The van der Waals surface area contributed by atoms with Crippen molar-refractivity contribution < 1.29 is 4.79 Å². The van der Waals surface area contributed by atoms with E-state index < -0.39 is 0 Å². The summed E-state index contributed by atoms with van der Waals surface area (Å²) in [5.41, 5.74) is 4.46. The Bertz CT molecular complexity index is 1020. The highest BCUT2D eigenvalue weighted by Gasteiger charge is 2.19. The molecule has 0 bridgehead atoms. The predicted octanol–water partition coefficient (Wildman–Crippen LogP) is 4.74. The monoisotopic (exact) mass is 360 g/mol. The lowest BCUT2D eigenvalue weighted by molar-refractivity contribution is -0.115. The van der Waals surface area contributed by atoms with Gasteiger partial charge in [0, 0.05) is 34.7 Å². The molecular weight excluding hydrogens is 344 g/mol. The number of aromatic nitrogens is 1. The fraction of sp³-hybridized carbons (Fsp3) is 0.0455. The van der Waals surface area contributed by atoms with Crippen molar-refractivity contribution in [1.82, 2.24) is 9.88 Å². The van der Waals surface area contributed by atoms with Gasteiger partial charge in [-0.1, -0.05) is 60.1 Å². The molecule has 2 aromatic carbocycles. The van der Waals surface area contributed by atoms with E-state index in [9.17, 15) is 4.79 Å². The van der Waals surface area contributed by atoms with Crippen LogP contribution in [0.4, 0.5) is 0 Å². The van der Waals surface area contributed by atoms with Gasteiger partial charge in [0.2, 0.25) is 0 Å². The zero-order valence-corrected chi connectivity index (χ0v) is 14.8. The molecule has 1 aliphatic rings. The van der Waals surface area contributed by atoms with Gasteiger partial charge in [-0.3, -0.25) is 4.79 Å². The van der Waals surface area contributed by atoms with Gasteiger partial charge >= 0.3 is 0 Å². The fourth-order valence-corrected chi connectivity index (χ4v) is 3.20. The van der Waals surface area contributed by atoms with E-state index in [2.05, 4.69) is 9.88 Å². The Kier molecular flexibility index (Phi) is 4.46. The van der Waals surface area contributed by atoms with E-state index in [1.54, 1.807) is 0 Å². The van der Waals surface area contributed by atoms with E-state index in [-0.39, 0.29) is 5.91 Å². The fourth-order valence-electron chi connectivity index (χ4n) is 3.00. The van der Waals surface area contributed by atoms with Crippen LogP contribution in [0.2, 0.25) is 5.02 Å². The van der Waals surface area contributed by atoms with Crippen molar-refractivity contribution in [3.05, 3.63) is 106 Å². The molecule has 2 heterocycles. The Morgan fingerprint density at radius 2 is 1.73 bits per heavy atom. The molecule has 0 unspecified atom stereocenters. The van der Waals surface area contributed by atoms with Gasteiger partial charge in [-0.25, -0.2) is 0 Å². The normalized spacial score (nSPS) is 15.2. The molecule has 3 nitrogen and oxygen atoms in total. The lowest BCUT2D eigenvalue weighted by atomic mass is 10.1. The summed E-state index contributed by atoms with van der Waals surface area (Å²) in [5, 5.41) is 3.67. The molecular formula is C22H17ClN2O. The Hall–Kier alpha value is -3.04. The zero-order valence-electron chi connectivity index (χ0n) is 14.0. The number of hydrogen-bond acceptors (Lipinski definition) is 1. The third-order valence-electron chi connectivity index (χ3n) is 4.36. The molecule has 26 heavy (non-hydrogen) atoms. The highest BCUT2D eigenvalue weighted by molar-refractivity contribution is 6.31. The van der Waals surface area contributed by atoms with E-state index in [1.807, 2.05) is 85.1 Å². The Morgan fingerprint density at radius 3 is 2.54 bits per heavy atom. The van der Waals surface area contributed by atoms with Crippen LogP contribution >= 0.6 is 11.6 Å². The van der Waals surface area contributed by atoms with Gasteiger partial charge in [-0.15, -0.1) is 0 Å². The summed E-state index contributed by atoms with van der Waals surface area (Å²) >= 11 is 6.27. The SMILES string of the molecule is O=C1NC(c2ccccc2)=CC1=Cc1cccn1Cc1ccccc1Cl. The first-order chi connectivity index (χ1) is 12.7. The van der Waals surface area contributed by atoms with Gasteiger partial charge < -0.3 is 9.88 Å². The Balaban J connectivity index is 1.63. The first-order valence-corrected chi connectivity index (χ1v) is 8.77. The average molecular weight is 361 g/mol. The van der Waals surface area contributed by atoms with Crippen LogP contribution in [0.5, 0.6) is 0 Å². The molecule has 0 spiro atoms. The number of carbonyl (C=O) groups excluding carboxylic acids is 1. The molecule has 0 aliphatic carbocycles. The van der Waals surface area contributed by atoms with Crippen molar-refractivity contribution >= 4 is 29.3 Å². The smallest absolute Gasteiger partial charge is 0.255 e. The third kappa shape index (κ3) is 3.35. The quantitative estimate of drug-likeness (QED) is 0.670. The van der Waals surface area contributed by atoms with Crippen molar-refractivity contribution in [2.24, 2.45) is 0 Å². The highest BCUT2D eigenvalue weighted by atomic mass is 35.5. The summed E-state index contributed by atoms with van der Waals surface area (Å²) in [6, 6.07) is 21.6. The molecule has 1 aliphatic heterocycles. The third-order valence-corrected chi connectivity index (χ3v) is 4.73. The number of nitrogens with zero attached hydrogens (tertiary/aromatic N) is 1. The zero-order chi connectivity index (χ0) is 17.9. The van der Waals surface area contributed by atoms with E-state index in [1.165, 1.54) is 0 Å². The minimum Gasteiger partial charge on any atom is -0.343 e. The van der Waals surface area contributed by atoms with Crippen LogP contribution < -0.4 is 5.32 Å². The largest absolute Gasteiger partial charge is 0.343 e. The second-order valence-electron chi connectivity index (χ2n) is 6.13. The maximum atomic E-state index is 12.3. The van der Waals surface area contributed by atoms with Gasteiger partial charge in [0.15, 0.2) is 0 Å². The lowest BCUT2D eigenvalue weighted by Crippen LogP contribution is -2.15. The molecule has 1 amide bonds. The second-order valence-corrected chi connectivity index (χ2v) is 6.54. The number of hydrogen-bond donors (Lipinski definition) is 1. The van der Waals surface area contributed by atoms with Crippen LogP contribution in [-0.4, -0.2) is 10.5 Å². The summed E-state index contributed by atoms with van der Waals surface area (Å²) < 4.78 is 2.08. The summed E-state index contributed by atoms with van der Waals surface area (Å²) in [7, 11) is 0. The van der Waals surface area contributed by atoms with Gasteiger partial charge in [-0.05, 0) is 41.5 Å². The van der Waals surface area contributed by atoms with E-state index in [0.29, 0.717) is 12.1 Å². The number of benzene rings is 2. The molecule has 1 aromatic heterocycles.